The van der Waals surface area contributed by atoms with Gasteiger partial charge in [0, 0.05) is 32.1 Å². The van der Waals surface area contributed by atoms with Gasteiger partial charge in [-0.1, -0.05) is 30.3 Å². The van der Waals surface area contributed by atoms with E-state index in [2.05, 4.69) is 5.32 Å². The van der Waals surface area contributed by atoms with Crippen molar-refractivity contribution in [1.82, 2.24) is 10.2 Å². The first-order valence-electron chi connectivity index (χ1n) is 11.2. The molecule has 34 heavy (non-hydrogen) atoms. The van der Waals surface area contributed by atoms with Crippen molar-refractivity contribution in [1.29, 1.82) is 0 Å². The standard InChI is InChI=1S/C24H31N3O6S/c1-4-25-24(29)18(2)26(16-19-9-6-5-7-10-19)23(28)11-8-14-27(34(3,30)31)20-12-13-21-22(15-20)33-17-32-21/h5-7,9-10,12-13,15,18H,4,8,11,14,16-17H2,1-3H3,(H,25,29). The van der Waals surface area contributed by atoms with Crippen molar-refractivity contribution in [2.75, 3.05) is 30.4 Å². The number of sulfonamides is 1. The van der Waals surface area contributed by atoms with Crippen molar-refractivity contribution >= 4 is 27.5 Å². The second-order valence-electron chi connectivity index (χ2n) is 8.05. The topological polar surface area (TPSA) is 105 Å². The third-order valence-electron chi connectivity index (χ3n) is 5.51. The van der Waals surface area contributed by atoms with E-state index in [0.717, 1.165) is 11.8 Å². The zero-order valence-electron chi connectivity index (χ0n) is 19.7. The SMILES string of the molecule is CCNC(=O)C(C)N(Cc1ccccc1)C(=O)CCCN(c1ccc2c(c1)OCO2)S(C)(=O)=O. The van der Waals surface area contributed by atoms with Crippen LogP contribution in [0.25, 0.3) is 0 Å². The Hall–Kier alpha value is -3.27. The van der Waals surface area contributed by atoms with Crippen LogP contribution in [0.2, 0.25) is 0 Å². The smallest absolute Gasteiger partial charge is 0.242 e. The molecule has 1 atom stereocenters. The highest BCUT2D eigenvalue weighted by Gasteiger charge is 2.27. The minimum atomic E-state index is -3.59. The first-order chi connectivity index (χ1) is 16.2. The lowest BCUT2D eigenvalue weighted by molar-refractivity contribution is -0.140. The molecule has 2 aromatic carbocycles. The molecular formula is C24H31N3O6S. The highest BCUT2D eigenvalue weighted by Crippen LogP contribution is 2.36. The van der Waals surface area contributed by atoms with Crippen LogP contribution < -0.4 is 19.1 Å². The third kappa shape index (κ3) is 6.40. The Labute approximate surface area is 200 Å². The van der Waals surface area contributed by atoms with Gasteiger partial charge < -0.3 is 19.7 Å². The number of hydrogen-bond acceptors (Lipinski definition) is 6. The van der Waals surface area contributed by atoms with Crippen LogP contribution in [-0.2, 0) is 26.2 Å². The maximum absolute atomic E-state index is 13.2. The van der Waals surface area contributed by atoms with Crippen LogP contribution in [0.15, 0.2) is 48.5 Å². The molecule has 184 valence electrons. The molecule has 1 N–H and O–H groups in total. The molecule has 1 heterocycles. The fraction of sp³-hybridized carbons (Fsp3) is 0.417. The lowest BCUT2D eigenvalue weighted by Crippen LogP contribution is -2.47. The summed E-state index contributed by atoms with van der Waals surface area (Å²) in [4.78, 5) is 27.1. The molecule has 0 aromatic heterocycles. The Morgan fingerprint density at radius 3 is 2.47 bits per heavy atom. The average Bonchev–Trinajstić information content (AvgIpc) is 3.27. The van der Waals surface area contributed by atoms with E-state index < -0.39 is 16.1 Å². The number of carbonyl (C=O) groups excluding carboxylic acids is 2. The summed E-state index contributed by atoms with van der Waals surface area (Å²) >= 11 is 0. The largest absolute Gasteiger partial charge is 0.454 e. The fourth-order valence-electron chi connectivity index (χ4n) is 3.73. The summed E-state index contributed by atoms with van der Waals surface area (Å²) in [6, 6.07) is 13.7. The van der Waals surface area contributed by atoms with Crippen LogP contribution in [0.5, 0.6) is 11.5 Å². The van der Waals surface area contributed by atoms with E-state index >= 15 is 0 Å². The molecule has 2 amide bonds. The summed E-state index contributed by atoms with van der Waals surface area (Å²) in [5, 5.41) is 2.76. The van der Waals surface area contributed by atoms with Crippen molar-refractivity contribution in [3.63, 3.8) is 0 Å². The Bertz CT molecular complexity index is 1110. The molecular weight excluding hydrogens is 458 g/mol. The Morgan fingerprint density at radius 1 is 1.09 bits per heavy atom. The number of carbonyl (C=O) groups is 2. The number of likely N-dealkylation sites (N-methyl/N-ethyl adjacent to an activating group) is 1. The number of nitrogens with one attached hydrogen (secondary N) is 1. The monoisotopic (exact) mass is 489 g/mol. The summed E-state index contributed by atoms with van der Waals surface area (Å²) in [6.45, 7) is 4.47. The molecule has 0 spiro atoms. The Morgan fingerprint density at radius 2 is 1.79 bits per heavy atom. The molecule has 0 bridgehead atoms. The van der Waals surface area contributed by atoms with Gasteiger partial charge in [0.15, 0.2) is 11.5 Å². The molecule has 0 aliphatic carbocycles. The van der Waals surface area contributed by atoms with Crippen LogP contribution in [0, 0.1) is 0 Å². The Balaban J connectivity index is 1.70. The fourth-order valence-corrected chi connectivity index (χ4v) is 4.69. The number of rotatable bonds is 11. The summed E-state index contributed by atoms with van der Waals surface area (Å²) < 4.78 is 36.8. The number of amides is 2. The summed E-state index contributed by atoms with van der Waals surface area (Å²) in [7, 11) is -3.59. The van der Waals surface area contributed by atoms with Crippen molar-refractivity contribution in [2.24, 2.45) is 0 Å². The molecule has 0 radical (unpaired) electrons. The number of benzene rings is 2. The van der Waals surface area contributed by atoms with Gasteiger partial charge in [-0.25, -0.2) is 8.42 Å². The van der Waals surface area contributed by atoms with Crippen LogP contribution in [0.1, 0.15) is 32.3 Å². The second-order valence-corrected chi connectivity index (χ2v) is 9.96. The normalized spacial score (nSPS) is 13.3. The average molecular weight is 490 g/mol. The zero-order valence-corrected chi connectivity index (χ0v) is 20.5. The van der Waals surface area contributed by atoms with Gasteiger partial charge in [-0.2, -0.15) is 0 Å². The zero-order chi connectivity index (χ0) is 24.7. The first-order valence-corrected chi connectivity index (χ1v) is 13.0. The molecule has 1 aliphatic heterocycles. The first kappa shape index (κ1) is 25.4. The molecule has 9 nitrogen and oxygen atoms in total. The molecule has 0 fully saturated rings. The molecule has 1 unspecified atom stereocenters. The highest BCUT2D eigenvalue weighted by molar-refractivity contribution is 7.92. The van der Waals surface area contributed by atoms with E-state index in [1.54, 1.807) is 25.1 Å². The lowest BCUT2D eigenvalue weighted by Gasteiger charge is -2.29. The lowest BCUT2D eigenvalue weighted by atomic mass is 10.1. The van der Waals surface area contributed by atoms with Crippen molar-refractivity contribution < 1.29 is 27.5 Å². The Kier molecular flexibility index (Phi) is 8.38. The maximum atomic E-state index is 13.2. The molecule has 10 heteroatoms. The minimum Gasteiger partial charge on any atom is -0.454 e. The van der Waals surface area contributed by atoms with E-state index in [1.807, 2.05) is 37.3 Å². The quantitative estimate of drug-likeness (QED) is 0.520. The predicted octanol–water partition coefficient (Wildman–Crippen LogP) is 2.51. The van der Waals surface area contributed by atoms with Crippen LogP contribution in [-0.4, -0.2) is 57.3 Å². The van der Waals surface area contributed by atoms with E-state index in [0.29, 0.717) is 23.7 Å². The summed E-state index contributed by atoms with van der Waals surface area (Å²) in [6.07, 6.45) is 1.50. The number of fused-ring (bicyclic) bond motifs is 1. The van der Waals surface area contributed by atoms with Gasteiger partial charge in [-0.3, -0.25) is 13.9 Å². The van der Waals surface area contributed by atoms with Crippen LogP contribution >= 0.6 is 0 Å². The molecule has 2 aromatic rings. The molecule has 0 saturated carbocycles. The van der Waals surface area contributed by atoms with Gasteiger partial charge in [-0.05, 0) is 38.0 Å². The van der Waals surface area contributed by atoms with Gasteiger partial charge in [0.2, 0.25) is 28.6 Å². The van der Waals surface area contributed by atoms with Crippen molar-refractivity contribution in [2.45, 2.75) is 39.3 Å². The number of ether oxygens (including phenoxy) is 2. The highest BCUT2D eigenvalue weighted by atomic mass is 32.2. The second kappa shape index (κ2) is 11.2. The van der Waals surface area contributed by atoms with Gasteiger partial charge in [0.25, 0.3) is 0 Å². The van der Waals surface area contributed by atoms with Crippen LogP contribution in [0.3, 0.4) is 0 Å². The number of nitrogens with zero attached hydrogens (tertiary/aromatic N) is 2. The van der Waals surface area contributed by atoms with E-state index in [9.17, 15) is 18.0 Å². The third-order valence-corrected chi connectivity index (χ3v) is 6.70. The summed E-state index contributed by atoms with van der Waals surface area (Å²) in [5.41, 5.74) is 1.35. The van der Waals surface area contributed by atoms with E-state index in [4.69, 9.17) is 9.47 Å². The van der Waals surface area contributed by atoms with Gasteiger partial charge >= 0.3 is 0 Å². The molecule has 3 rings (SSSR count). The maximum Gasteiger partial charge on any atom is 0.242 e. The van der Waals surface area contributed by atoms with Crippen molar-refractivity contribution in [3.05, 3.63) is 54.1 Å². The van der Waals surface area contributed by atoms with E-state index in [1.165, 1.54) is 9.21 Å². The minimum absolute atomic E-state index is 0.0904. The van der Waals surface area contributed by atoms with E-state index in [-0.39, 0.29) is 44.5 Å². The van der Waals surface area contributed by atoms with Gasteiger partial charge in [0.05, 0.1) is 11.9 Å². The molecule has 1 aliphatic rings. The van der Waals surface area contributed by atoms with Crippen molar-refractivity contribution in [3.8, 4) is 11.5 Å². The predicted molar refractivity (Wildman–Crippen MR) is 129 cm³/mol. The number of anilines is 1. The van der Waals surface area contributed by atoms with Gasteiger partial charge in [0.1, 0.15) is 6.04 Å². The summed E-state index contributed by atoms with van der Waals surface area (Å²) in [5.74, 6) is 0.585. The number of hydrogen-bond donors (Lipinski definition) is 1. The van der Waals surface area contributed by atoms with Crippen LogP contribution in [0.4, 0.5) is 5.69 Å². The molecule has 0 saturated heterocycles. The van der Waals surface area contributed by atoms with Gasteiger partial charge in [-0.15, -0.1) is 0 Å².